The van der Waals surface area contributed by atoms with Crippen LogP contribution in [0.3, 0.4) is 0 Å². The Bertz CT molecular complexity index is 1330. The first-order valence-electron chi connectivity index (χ1n) is 13.5. The van der Waals surface area contributed by atoms with Crippen LogP contribution in [-0.4, -0.2) is 74.9 Å². The van der Waals surface area contributed by atoms with Gasteiger partial charge in [-0.25, -0.2) is 8.42 Å². The Balaban J connectivity index is 1.49. The van der Waals surface area contributed by atoms with Gasteiger partial charge >= 0.3 is 0 Å². The number of aromatic nitrogens is 1. The van der Waals surface area contributed by atoms with Crippen LogP contribution < -0.4 is 9.64 Å². The Kier molecular flexibility index (Phi) is 9.08. The number of unbranched alkanes of at least 4 members (excludes halogenated alkanes) is 1. The first-order valence-corrected chi connectivity index (χ1v) is 17.4. The highest BCUT2D eigenvalue weighted by atomic mass is 32.2. The predicted octanol–water partition coefficient (Wildman–Crippen LogP) is 5.99. The van der Waals surface area contributed by atoms with Crippen molar-refractivity contribution >= 4 is 50.0 Å². The molecule has 3 heterocycles. The lowest BCUT2D eigenvalue weighted by Crippen LogP contribution is -2.48. The molecule has 0 aliphatic carbocycles. The average Bonchev–Trinajstić information content (AvgIpc) is 2.97. The second kappa shape index (κ2) is 12.5. The molecule has 9 heteroatoms. The number of rotatable bonds is 9. The molecule has 2 aliphatic heterocycles. The molecule has 0 radical (unpaired) electrons. The third-order valence-corrected chi connectivity index (χ3v) is 11.0. The molecule has 0 unspecified atom stereocenters. The molecule has 5 rings (SSSR count). The van der Waals surface area contributed by atoms with Gasteiger partial charge in [0.1, 0.15) is 10.6 Å². The lowest BCUT2D eigenvalue weighted by Gasteiger charge is -2.41. The summed E-state index contributed by atoms with van der Waals surface area (Å²) in [4.78, 5) is 11.2. The monoisotopic (exact) mass is 571 g/mol. The summed E-state index contributed by atoms with van der Waals surface area (Å²) in [6.45, 7) is 6.73. The highest BCUT2D eigenvalue weighted by molar-refractivity contribution is 7.99. The van der Waals surface area contributed by atoms with E-state index >= 15 is 0 Å². The molecule has 0 atom stereocenters. The number of sulfone groups is 1. The van der Waals surface area contributed by atoms with Gasteiger partial charge in [-0.2, -0.15) is 11.8 Å². The van der Waals surface area contributed by atoms with Crippen molar-refractivity contribution < 1.29 is 13.2 Å². The number of hydrogen-bond acceptors (Lipinski definition) is 8. The molecule has 2 saturated heterocycles. The van der Waals surface area contributed by atoms with Crippen LogP contribution in [-0.2, 0) is 9.84 Å². The second-order valence-corrected chi connectivity index (χ2v) is 13.9. The van der Waals surface area contributed by atoms with Crippen molar-refractivity contribution in [2.24, 2.45) is 0 Å². The van der Waals surface area contributed by atoms with Crippen molar-refractivity contribution in [3.63, 3.8) is 0 Å². The molecule has 1 aromatic heterocycles. The third kappa shape index (κ3) is 5.96. The molecule has 0 spiro atoms. The Morgan fingerprint density at radius 1 is 1.05 bits per heavy atom. The van der Waals surface area contributed by atoms with Gasteiger partial charge in [0.25, 0.3) is 0 Å². The van der Waals surface area contributed by atoms with E-state index in [1.54, 1.807) is 42.2 Å². The number of hydrogen-bond donors (Lipinski definition) is 0. The van der Waals surface area contributed by atoms with Crippen LogP contribution >= 0.6 is 23.5 Å². The van der Waals surface area contributed by atoms with Crippen LogP contribution in [0.1, 0.15) is 32.6 Å². The quantitative estimate of drug-likeness (QED) is 0.229. The molecule has 0 bridgehead atoms. The molecule has 38 heavy (non-hydrogen) atoms. The topological polar surface area (TPSA) is 62.7 Å². The summed E-state index contributed by atoms with van der Waals surface area (Å²) in [5.41, 5.74) is 1.62. The fraction of sp³-hybridized carbons (Fsp3) is 0.483. The molecule has 3 aromatic rings. The number of thioether (sulfide) groups is 2. The fourth-order valence-corrected chi connectivity index (χ4v) is 8.17. The van der Waals surface area contributed by atoms with E-state index in [-0.39, 0.29) is 9.79 Å². The largest absolute Gasteiger partial charge is 0.494 e. The van der Waals surface area contributed by atoms with Crippen molar-refractivity contribution in [2.75, 3.05) is 55.4 Å². The Morgan fingerprint density at radius 3 is 2.47 bits per heavy atom. The second-order valence-electron chi connectivity index (χ2n) is 9.90. The molecule has 6 nitrogen and oxygen atoms in total. The van der Waals surface area contributed by atoms with Crippen LogP contribution in [0.25, 0.3) is 10.9 Å². The number of pyridine rings is 1. The van der Waals surface area contributed by atoms with Gasteiger partial charge in [0.2, 0.25) is 9.84 Å². The molecule has 0 N–H and O–H groups in total. The zero-order chi connectivity index (χ0) is 26.5. The van der Waals surface area contributed by atoms with Crippen molar-refractivity contribution in [1.29, 1.82) is 0 Å². The van der Waals surface area contributed by atoms with Crippen LogP contribution in [0.15, 0.2) is 63.3 Å². The molecule has 0 amide bonds. The minimum absolute atomic E-state index is 0.268. The number of fused-ring (bicyclic) bond motifs is 1. The summed E-state index contributed by atoms with van der Waals surface area (Å²) < 4.78 is 33.9. The molecule has 204 valence electrons. The number of anilines is 1. The smallest absolute Gasteiger partial charge is 0.210 e. The lowest BCUT2D eigenvalue weighted by atomic mass is 10.0. The standard InChI is InChI=1S/C29H37N3O3S3/c1-3-4-17-35-23-5-8-25(9-6-23)38(33,34)28-21-30-27-10-7-24(36-2)20-26(27)29(28)32-13-11-22(12-14-32)31-15-18-37-19-16-31/h5-10,20-22H,3-4,11-19H2,1-2H3. The number of ether oxygens (including phenoxy) is 1. The van der Waals surface area contributed by atoms with Gasteiger partial charge in [-0.05, 0) is 68.0 Å². The summed E-state index contributed by atoms with van der Waals surface area (Å²) in [7, 11) is -3.79. The molecular weight excluding hydrogens is 535 g/mol. The van der Waals surface area contributed by atoms with E-state index < -0.39 is 9.84 Å². The van der Waals surface area contributed by atoms with Gasteiger partial charge in [0, 0.05) is 60.2 Å². The van der Waals surface area contributed by atoms with Crippen LogP contribution in [0, 0.1) is 0 Å². The van der Waals surface area contributed by atoms with Crippen LogP contribution in [0.5, 0.6) is 5.75 Å². The van der Waals surface area contributed by atoms with E-state index in [0.29, 0.717) is 18.4 Å². The average molecular weight is 572 g/mol. The number of benzene rings is 2. The maximum absolute atomic E-state index is 14.1. The zero-order valence-corrected chi connectivity index (χ0v) is 24.7. The predicted molar refractivity (Wildman–Crippen MR) is 160 cm³/mol. The minimum Gasteiger partial charge on any atom is -0.494 e. The highest BCUT2D eigenvalue weighted by Crippen LogP contribution is 2.39. The van der Waals surface area contributed by atoms with Gasteiger partial charge < -0.3 is 9.64 Å². The molecule has 2 aromatic carbocycles. The van der Waals surface area contributed by atoms with Crippen LogP contribution in [0.4, 0.5) is 5.69 Å². The Labute approximate surface area is 235 Å². The van der Waals surface area contributed by atoms with E-state index in [0.717, 1.165) is 73.3 Å². The van der Waals surface area contributed by atoms with E-state index in [4.69, 9.17) is 4.74 Å². The van der Waals surface area contributed by atoms with E-state index in [1.165, 1.54) is 11.5 Å². The van der Waals surface area contributed by atoms with Gasteiger partial charge in [-0.15, -0.1) is 11.8 Å². The normalized spacial score (nSPS) is 17.7. The molecular formula is C29H37N3O3S3. The Hall–Kier alpha value is -1.94. The van der Waals surface area contributed by atoms with Gasteiger partial charge in [0.05, 0.1) is 22.7 Å². The third-order valence-electron chi connectivity index (χ3n) is 7.55. The summed E-state index contributed by atoms with van der Waals surface area (Å²) in [6.07, 6.45) is 7.71. The van der Waals surface area contributed by atoms with Crippen molar-refractivity contribution in [3.8, 4) is 5.75 Å². The maximum Gasteiger partial charge on any atom is 0.210 e. The summed E-state index contributed by atoms with van der Waals surface area (Å²) >= 11 is 3.70. The number of nitrogens with zero attached hydrogens (tertiary/aromatic N) is 3. The minimum atomic E-state index is -3.79. The maximum atomic E-state index is 14.1. The lowest BCUT2D eigenvalue weighted by molar-refractivity contribution is 0.185. The summed E-state index contributed by atoms with van der Waals surface area (Å²) in [5.74, 6) is 3.10. The van der Waals surface area contributed by atoms with Crippen LogP contribution in [0.2, 0.25) is 0 Å². The van der Waals surface area contributed by atoms with E-state index in [1.807, 2.05) is 24.1 Å². The summed E-state index contributed by atoms with van der Waals surface area (Å²) in [6, 6.07) is 13.5. The molecule has 0 saturated carbocycles. The summed E-state index contributed by atoms with van der Waals surface area (Å²) in [5, 5.41) is 0.908. The number of piperidine rings is 1. The molecule has 2 aliphatic rings. The Morgan fingerprint density at radius 2 is 1.79 bits per heavy atom. The zero-order valence-electron chi connectivity index (χ0n) is 22.3. The van der Waals surface area contributed by atoms with Gasteiger partial charge in [-0.3, -0.25) is 9.88 Å². The van der Waals surface area contributed by atoms with Gasteiger partial charge in [0.15, 0.2) is 0 Å². The first kappa shape index (κ1) is 27.6. The SMILES string of the molecule is CCCCOc1ccc(S(=O)(=O)c2cnc3ccc(SC)cc3c2N2CCC(N3CCSCC3)CC2)cc1. The van der Waals surface area contributed by atoms with Crippen molar-refractivity contribution in [3.05, 3.63) is 48.7 Å². The van der Waals surface area contributed by atoms with Crippen molar-refractivity contribution in [1.82, 2.24) is 9.88 Å². The highest BCUT2D eigenvalue weighted by Gasteiger charge is 2.31. The van der Waals surface area contributed by atoms with Gasteiger partial charge in [-0.1, -0.05) is 13.3 Å². The fourth-order valence-electron chi connectivity index (χ4n) is 5.36. The van der Waals surface area contributed by atoms with E-state index in [9.17, 15) is 8.42 Å². The van der Waals surface area contributed by atoms with Crippen molar-refractivity contribution in [2.45, 2.75) is 53.3 Å². The van der Waals surface area contributed by atoms with E-state index in [2.05, 4.69) is 33.8 Å². The first-order chi connectivity index (χ1) is 18.5. The molecule has 2 fully saturated rings.